The molecule has 1 aromatic heterocycles. The van der Waals surface area contributed by atoms with Crippen molar-refractivity contribution in [2.45, 2.75) is 19.6 Å². The number of amides is 1. The van der Waals surface area contributed by atoms with Gasteiger partial charge in [-0.1, -0.05) is 17.7 Å². The highest BCUT2D eigenvalue weighted by atomic mass is 35.5. The third-order valence-electron chi connectivity index (χ3n) is 2.85. The molecule has 118 valence electrons. The minimum absolute atomic E-state index is 0.275. The van der Waals surface area contributed by atoms with Crippen LogP contribution in [0.2, 0.25) is 5.02 Å². The van der Waals surface area contributed by atoms with Gasteiger partial charge in [0.15, 0.2) is 11.9 Å². The molecular formula is C15H19ClN4O2. The number of hydrogen-bond acceptors (Lipinski definition) is 4. The number of carbonyl (C=O) groups excluding carboxylic acids is 1. The van der Waals surface area contributed by atoms with E-state index in [0.29, 0.717) is 16.6 Å². The summed E-state index contributed by atoms with van der Waals surface area (Å²) in [6.45, 7) is 2.39. The maximum atomic E-state index is 12.1. The zero-order valence-corrected chi connectivity index (χ0v) is 13.5. The molecule has 6 nitrogen and oxygen atoms in total. The van der Waals surface area contributed by atoms with Crippen molar-refractivity contribution in [1.29, 1.82) is 0 Å². The fourth-order valence-corrected chi connectivity index (χ4v) is 2.05. The zero-order chi connectivity index (χ0) is 16.1. The van der Waals surface area contributed by atoms with Gasteiger partial charge < -0.3 is 15.0 Å². The van der Waals surface area contributed by atoms with E-state index < -0.39 is 6.10 Å². The maximum Gasteiger partial charge on any atom is 0.266 e. The van der Waals surface area contributed by atoms with Gasteiger partial charge in [-0.15, -0.1) is 0 Å². The lowest BCUT2D eigenvalue weighted by Gasteiger charge is -2.13. The number of nitrogens with zero attached hydrogens (tertiary/aromatic N) is 2. The Hall–Kier alpha value is -2.05. The van der Waals surface area contributed by atoms with Crippen molar-refractivity contribution >= 4 is 23.3 Å². The van der Waals surface area contributed by atoms with Crippen LogP contribution in [0, 0.1) is 0 Å². The number of halogens is 1. The summed E-state index contributed by atoms with van der Waals surface area (Å²) in [4.78, 5) is 14.1. The summed E-state index contributed by atoms with van der Waals surface area (Å²) in [6, 6.07) is 8.72. The molecule has 1 aromatic carbocycles. The second-order valence-corrected chi connectivity index (χ2v) is 5.66. The van der Waals surface area contributed by atoms with Crippen LogP contribution in [0.1, 0.15) is 12.6 Å². The summed E-state index contributed by atoms with van der Waals surface area (Å²) in [6.07, 6.45) is -0.660. The minimum atomic E-state index is -0.660. The van der Waals surface area contributed by atoms with Crippen LogP contribution in [-0.4, -0.2) is 41.2 Å². The number of anilines is 1. The van der Waals surface area contributed by atoms with Crippen molar-refractivity contribution in [2.75, 3.05) is 19.4 Å². The molecule has 0 saturated carbocycles. The van der Waals surface area contributed by atoms with E-state index in [-0.39, 0.29) is 5.91 Å². The number of aromatic amines is 1. The number of nitrogens with one attached hydrogen (secondary N) is 2. The first-order valence-electron chi connectivity index (χ1n) is 6.86. The molecule has 0 fully saturated rings. The Labute approximate surface area is 134 Å². The van der Waals surface area contributed by atoms with Gasteiger partial charge in [-0.05, 0) is 39.2 Å². The van der Waals surface area contributed by atoms with Crippen LogP contribution >= 0.6 is 11.6 Å². The van der Waals surface area contributed by atoms with Crippen LogP contribution in [0.15, 0.2) is 30.3 Å². The van der Waals surface area contributed by atoms with Crippen molar-refractivity contribution in [2.24, 2.45) is 0 Å². The van der Waals surface area contributed by atoms with E-state index in [0.717, 1.165) is 12.2 Å². The molecule has 0 aliphatic heterocycles. The standard InChI is InChI=1S/C15H19ClN4O2/c1-10(22-13-6-4-5-11(16)7-13)15(21)17-14-8-12(18-19-14)9-20(2)3/h4-8,10H,9H2,1-3H3,(H2,17,18,19,21). The van der Waals surface area contributed by atoms with Gasteiger partial charge in [0.2, 0.25) is 0 Å². The molecule has 2 aromatic rings. The smallest absolute Gasteiger partial charge is 0.266 e. The van der Waals surface area contributed by atoms with Crippen molar-refractivity contribution < 1.29 is 9.53 Å². The summed E-state index contributed by atoms with van der Waals surface area (Å²) in [5.74, 6) is 0.747. The van der Waals surface area contributed by atoms with E-state index >= 15 is 0 Å². The molecule has 7 heteroatoms. The number of aromatic nitrogens is 2. The van der Waals surface area contributed by atoms with E-state index in [1.165, 1.54) is 0 Å². The fourth-order valence-electron chi connectivity index (χ4n) is 1.87. The molecule has 0 bridgehead atoms. The number of rotatable bonds is 6. The van der Waals surface area contributed by atoms with Gasteiger partial charge in [-0.25, -0.2) is 0 Å². The van der Waals surface area contributed by atoms with Crippen molar-refractivity contribution in [3.05, 3.63) is 41.0 Å². The highest BCUT2D eigenvalue weighted by molar-refractivity contribution is 6.30. The van der Waals surface area contributed by atoms with Crippen LogP contribution < -0.4 is 10.1 Å². The highest BCUT2D eigenvalue weighted by Crippen LogP contribution is 2.18. The molecular weight excluding hydrogens is 304 g/mol. The number of hydrogen-bond donors (Lipinski definition) is 2. The SMILES string of the molecule is CC(Oc1cccc(Cl)c1)C(=O)Nc1cc(CN(C)C)[nH]n1. The Morgan fingerprint density at radius 3 is 2.91 bits per heavy atom. The average molecular weight is 323 g/mol. The predicted molar refractivity (Wildman–Crippen MR) is 86.2 cm³/mol. The molecule has 1 amide bonds. The first kappa shape index (κ1) is 16.3. The van der Waals surface area contributed by atoms with E-state index in [9.17, 15) is 4.79 Å². The monoisotopic (exact) mass is 322 g/mol. The van der Waals surface area contributed by atoms with Crippen molar-refractivity contribution in [3.63, 3.8) is 0 Å². The molecule has 1 unspecified atom stereocenters. The first-order valence-corrected chi connectivity index (χ1v) is 7.24. The number of benzene rings is 1. The van der Waals surface area contributed by atoms with Gasteiger partial charge >= 0.3 is 0 Å². The molecule has 0 aliphatic rings. The van der Waals surface area contributed by atoms with Crippen molar-refractivity contribution in [1.82, 2.24) is 15.1 Å². The van der Waals surface area contributed by atoms with E-state index in [1.807, 2.05) is 19.0 Å². The lowest BCUT2D eigenvalue weighted by atomic mass is 10.3. The Kier molecular flexibility index (Phi) is 5.41. The largest absolute Gasteiger partial charge is 0.481 e. The van der Waals surface area contributed by atoms with E-state index in [4.69, 9.17) is 16.3 Å². The Morgan fingerprint density at radius 2 is 2.23 bits per heavy atom. The molecule has 22 heavy (non-hydrogen) atoms. The first-order chi connectivity index (χ1) is 10.4. The molecule has 1 atom stereocenters. The summed E-state index contributed by atoms with van der Waals surface area (Å²) in [5.41, 5.74) is 0.920. The van der Waals surface area contributed by atoms with Crippen LogP contribution in [0.5, 0.6) is 5.75 Å². The predicted octanol–water partition coefficient (Wildman–Crippen LogP) is 2.53. The molecule has 0 spiro atoms. The summed E-state index contributed by atoms with van der Waals surface area (Å²) >= 11 is 5.88. The molecule has 0 aliphatic carbocycles. The van der Waals surface area contributed by atoms with Crippen molar-refractivity contribution in [3.8, 4) is 5.75 Å². The normalized spacial score (nSPS) is 12.2. The average Bonchev–Trinajstić information content (AvgIpc) is 2.85. The lowest BCUT2D eigenvalue weighted by molar-refractivity contribution is -0.122. The summed E-state index contributed by atoms with van der Waals surface area (Å²) in [7, 11) is 3.92. The quantitative estimate of drug-likeness (QED) is 0.857. The topological polar surface area (TPSA) is 70.2 Å². The molecule has 2 N–H and O–H groups in total. The van der Waals surface area contributed by atoms with Gasteiger partial charge in [0.25, 0.3) is 5.91 Å². The molecule has 1 heterocycles. The number of H-pyrrole nitrogens is 1. The number of carbonyl (C=O) groups is 1. The molecule has 0 radical (unpaired) electrons. The molecule has 0 saturated heterocycles. The van der Waals surface area contributed by atoms with E-state index in [1.54, 1.807) is 37.3 Å². The van der Waals surface area contributed by atoms with Gasteiger partial charge in [-0.2, -0.15) is 5.10 Å². The third-order valence-corrected chi connectivity index (χ3v) is 3.08. The van der Waals surface area contributed by atoms with Gasteiger partial charge in [-0.3, -0.25) is 9.89 Å². The Morgan fingerprint density at radius 1 is 1.45 bits per heavy atom. The summed E-state index contributed by atoms with van der Waals surface area (Å²) in [5, 5.41) is 10.2. The fraction of sp³-hybridized carbons (Fsp3) is 0.333. The van der Waals surface area contributed by atoms with Crippen LogP contribution in [0.3, 0.4) is 0 Å². The van der Waals surface area contributed by atoms with Gasteiger partial charge in [0.1, 0.15) is 5.75 Å². The second-order valence-electron chi connectivity index (χ2n) is 5.22. The van der Waals surface area contributed by atoms with E-state index in [2.05, 4.69) is 15.5 Å². The molecule has 2 rings (SSSR count). The third kappa shape index (κ3) is 4.75. The van der Waals surface area contributed by atoms with Gasteiger partial charge in [0.05, 0.1) is 5.69 Å². The zero-order valence-electron chi connectivity index (χ0n) is 12.8. The lowest BCUT2D eigenvalue weighted by Crippen LogP contribution is -2.30. The summed E-state index contributed by atoms with van der Waals surface area (Å²) < 4.78 is 5.56. The van der Waals surface area contributed by atoms with Crippen LogP contribution in [0.25, 0.3) is 0 Å². The number of ether oxygens (including phenoxy) is 1. The minimum Gasteiger partial charge on any atom is -0.481 e. The van der Waals surface area contributed by atoms with Crippen LogP contribution in [0.4, 0.5) is 5.82 Å². The maximum absolute atomic E-state index is 12.1. The Bertz CT molecular complexity index is 642. The highest BCUT2D eigenvalue weighted by Gasteiger charge is 2.16. The Balaban J connectivity index is 1.92. The second kappa shape index (κ2) is 7.29. The van der Waals surface area contributed by atoms with Crippen LogP contribution in [-0.2, 0) is 11.3 Å². The van der Waals surface area contributed by atoms with Gasteiger partial charge in [0, 0.05) is 17.6 Å².